The molecule has 3 rings (SSSR count). The highest BCUT2D eigenvalue weighted by molar-refractivity contribution is 7.88. The molecule has 162 valence electrons. The van der Waals surface area contributed by atoms with Crippen LogP contribution in [0.5, 0.6) is 5.75 Å². The Balaban J connectivity index is 1.56. The van der Waals surface area contributed by atoms with Crippen LogP contribution in [0.4, 0.5) is 0 Å². The van der Waals surface area contributed by atoms with Crippen molar-refractivity contribution in [1.29, 1.82) is 0 Å². The first-order valence-electron chi connectivity index (χ1n) is 9.97. The van der Waals surface area contributed by atoms with E-state index in [1.165, 1.54) is 10.6 Å². The molecule has 0 N–H and O–H groups in total. The van der Waals surface area contributed by atoms with Gasteiger partial charge in [-0.25, -0.2) is 12.7 Å². The zero-order valence-corrected chi connectivity index (χ0v) is 18.5. The van der Waals surface area contributed by atoms with Crippen molar-refractivity contribution in [3.63, 3.8) is 0 Å². The Kier molecular flexibility index (Phi) is 7.42. The summed E-state index contributed by atoms with van der Waals surface area (Å²) in [4.78, 5) is 14.6. The van der Waals surface area contributed by atoms with Gasteiger partial charge in [0.05, 0.1) is 11.3 Å². The molecule has 0 aromatic heterocycles. The molecule has 0 radical (unpaired) electrons. The van der Waals surface area contributed by atoms with Crippen molar-refractivity contribution in [1.82, 2.24) is 9.21 Å². The number of carbonyl (C=O) groups excluding carboxylic acids is 1. The van der Waals surface area contributed by atoms with Crippen molar-refractivity contribution >= 4 is 27.5 Å². The van der Waals surface area contributed by atoms with Gasteiger partial charge in [0.25, 0.3) is 5.91 Å². The molecule has 0 aliphatic carbocycles. The second-order valence-electron chi connectivity index (χ2n) is 7.82. The Morgan fingerprint density at radius 1 is 1.14 bits per heavy atom. The van der Waals surface area contributed by atoms with Crippen molar-refractivity contribution in [2.24, 2.45) is 5.92 Å². The smallest absolute Gasteiger partial charge is 0.253 e. The van der Waals surface area contributed by atoms with Crippen LogP contribution in [-0.2, 0) is 14.8 Å². The van der Waals surface area contributed by atoms with Gasteiger partial charge in [-0.3, -0.25) is 4.79 Å². The number of ether oxygens (including phenoxy) is 2. The average molecular weight is 445 g/mol. The fourth-order valence-electron chi connectivity index (χ4n) is 3.91. The number of nitrogens with zero attached hydrogens (tertiary/aromatic N) is 2. The lowest BCUT2D eigenvalue weighted by Crippen LogP contribution is -2.41. The lowest BCUT2D eigenvalue weighted by molar-refractivity contribution is 0.0613. The van der Waals surface area contributed by atoms with Crippen molar-refractivity contribution in [2.75, 3.05) is 46.2 Å². The molecule has 29 heavy (non-hydrogen) atoms. The molecule has 0 saturated carbocycles. The molecule has 2 heterocycles. The largest absolute Gasteiger partial charge is 0.489 e. The molecular weight excluding hydrogens is 416 g/mol. The van der Waals surface area contributed by atoms with E-state index in [1.807, 2.05) is 4.90 Å². The van der Waals surface area contributed by atoms with E-state index >= 15 is 0 Å². The Morgan fingerprint density at radius 3 is 2.34 bits per heavy atom. The van der Waals surface area contributed by atoms with Crippen molar-refractivity contribution in [3.05, 3.63) is 28.8 Å². The number of amides is 1. The zero-order valence-electron chi connectivity index (χ0n) is 17.0. The SMILES string of the molecule is COCC1CCN(C(=O)c2ccc(OC3CCN(S(C)(=O)=O)CC3)c(Cl)c2)CC1. The Hall–Kier alpha value is -1.35. The molecule has 0 spiro atoms. The molecule has 0 unspecified atom stereocenters. The van der Waals surface area contributed by atoms with Gasteiger partial charge in [-0.15, -0.1) is 0 Å². The van der Waals surface area contributed by atoms with Crippen LogP contribution >= 0.6 is 11.6 Å². The number of rotatable bonds is 6. The first kappa shape index (κ1) is 22.3. The fourth-order valence-corrected chi connectivity index (χ4v) is 5.01. The summed E-state index contributed by atoms with van der Waals surface area (Å²) in [5, 5.41) is 0.399. The average Bonchev–Trinajstić information content (AvgIpc) is 2.69. The monoisotopic (exact) mass is 444 g/mol. The van der Waals surface area contributed by atoms with Crippen LogP contribution in [-0.4, -0.2) is 75.8 Å². The van der Waals surface area contributed by atoms with Gasteiger partial charge >= 0.3 is 0 Å². The number of methoxy groups -OCH3 is 1. The second-order valence-corrected chi connectivity index (χ2v) is 10.2. The maximum atomic E-state index is 12.8. The summed E-state index contributed by atoms with van der Waals surface area (Å²) in [6.45, 7) is 3.07. The topological polar surface area (TPSA) is 76.2 Å². The van der Waals surface area contributed by atoms with E-state index in [4.69, 9.17) is 21.1 Å². The summed E-state index contributed by atoms with van der Waals surface area (Å²) in [5.74, 6) is 1.02. The molecule has 2 fully saturated rings. The number of hydrogen-bond donors (Lipinski definition) is 0. The van der Waals surface area contributed by atoms with E-state index in [9.17, 15) is 13.2 Å². The summed E-state index contributed by atoms with van der Waals surface area (Å²) in [7, 11) is -1.45. The van der Waals surface area contributed by atoms with Gasteiger partial charge in [0, 0.05) is 45.5 Å². The predicted octanol–water partition coefficient (Wildman–Crippen LogP) is 2.64. The quantitative estimate of drug-likeness (QED) is 0.674. The van der Waals surface area contributed by atoms with E-state index < -0.39 is 10.0 Å². The van der Waals surface area contributed by atoms with Gasteiger partial charge in [-0.05, 0) is 49.8 Å². The van der Waals surface area contributed by atoms with E-state index in [0.717, 1.165) is 32.5 Å². The van der Waals surface area contributed by atoms with Crippen molar-refractivity contribution in [2.45, 2.75) is 31.8 Å². The third-order valence-corrected chi connectivity index (χ3v) is 7.25. The summed E-state index contributed by atoms with van der Waals surface area (Å²) in [6.07, 6.45) is 4.25. The summed E-state index contributed by atoms with van der Waals surface area (Å²) >= 11 is 6.38. The van der Waals surface area contributed by atoms with E-state index in [1.54, 1.807) is 25.3 Å². The van der Waals surface area contributed by atoms with E-state index in [2.05, 4.69) is 0 Å². The lowest BCUT2D eigenvalue weighted by atomic mass is 9.97. The number of halogens is 1. The minimum atomic E-state index is -3.16. The number of piperidine rings is 2. The number of carbonyl (C=O) groups is 1. The molecule has 2 aliphatic heterocycles. The third-order valence-electron chi connectivity index (χ3n) is 5.65. The molecule has 0 bridgehead atoms. The van der Waals surface area contributed by atoms with E-state index in [0.29, 0.717) is 48.2 Å². The molecule has 0 atom stereocenters. The summed E-state index contributed by atoms with van der Waals surface area (Å²) in [6, 6.07) is 5.14. The molecule has 1 aromatic rings. The van der Waals surface area contributed by atoms with Crippen LogP contribution in [0.3, 0.4) is 0 Å². The first-order chi connectivity index (χ1) is 13.8. The minimum absolute atomic E-state index is 0.0178. The Morgan fingerprint density at radius 2 is 1.79 bits per heavy atom. The number of sulfonamides is 1. The van der Waals surface area contributed by atoms with E-state index in [-0.39, 0.29) is 12.0 Å². The molecule has 2 saturated heterocycles. The van der Waals surface area contributed by atoms with Crippen LogP contribution in [0.15, 0.2) is 18.2 Å². The molecule has 1 amide bonds. The van der Waals surface area contributed by atoms with Gasteiger partial charge in [0.1, 0.15) is 11.9 Å². The highest BCUT2D eigenvalue weighted by atomic mass is 35.5. The fraction of sp³-hybridized carbons (Fsp3) is 0.650. The molecule has 9 heteroatoms. The molecule has 7 nitrogen and oxygen atoms in total. The number of likely N-dealkylation sites (tertiary alicyclic amines) is 1. The molecule has 1 aromatic carbocycles. The highest BCUT2D eigenvalue weighted by Crippen LogP contribution is 2.30. The van der Waals surface area contributed by atoms with Gasteiger partial charge in [-0.1, -0.05) is 11.6 Å². The van der Waals surface area contributed by atoms with Crippen LogP contribution in [0.1, 0.15) is 36.0 Å². The van der Waals surface area contributed by atoms with Gasteiger partial charge in [-0.2, -0.15) is 0 Å². The standard InChI is InChI=1S/C20H29ClN2O5S/c1-27-14-15-5-9-22(10-6-15)20(24)16-3-4-19(18(21)13-16)28-17-7-11-23(12-8-17)29(2,25)26/h3-4,13,15,17H,5-12,14H2,1-2H3. The summed E-state index contributed by atoms with van der Waals surface area (Å²) in [5.41, 5.74) is 0.555. The van der Waals surface area contributed by atoms with Gasteiger partial charge in [0.2, 0.25) is 10.0 Å². The minimum Gasteiger partial charge on any atom is -0.489 e. The normalized spacial score (nSPS) is 20.0. The summed E-state index contributed by atoms with van der Waals surface area (Å²) < 4.78 is 35.9. The van der Waals surface area contributed by atoms with Crippen molar-refractivity contribution < 1.29 is 22.7 Å². The number of hydrogen-bond acceptors (Lipinski definition) is 5. The maximum Gasteiger partial charge on any atom is 0.253 e. The Bertz CT molecular complexity index is 816. The highest BCUT2D eigenvalue weighted by Gasteiger charge is 2.27. The van der Waals surface area contributed by atoms with Crippen molar-refractivity contribution in [3.8, 4) is 5.75 Å². The van der Waals surface area contributed by atoms with Gasteiger partial charge in [0.15, 0.2) is 0 Å². The van der Waals surface area contributed by atoms with Crippen LogP contribution < -0.4 is 4.74 Å². The third kappa shape index (κ3) is 5.84. The Labute approximate surface area is 178 Å². The molecule has 2 aliphatic rings. The lowest BCUT2D eigenvalue weighted by Gasteiger charge is -2.32. The zero-order chi connectivity index (χ0) is 21.0. The number of benzene rings is 1. The predicted molar refractivity (Wildman–Crippen MR) is 112 cm³/mol. The molecular formula is C20H29ClN2O5S. The maximum absolute atomic E-state index is 12.8. The first-order valence-corrected chi connectivity index (χ1v) is 12.2. The van der Waals surface area contributed by atoms with Crippen LogP contribution in [0, 0.1) is 5.92 Å². The van der Waals surface area contributed by atoms with Crippen LogP contribution in [0.2, 0.25) is 5.02 Å². The van der Waals surface area contributed by atoms with Crippen LogP contribution in [0.25, 0.3) is 0 Å². The second kappa shape index (κ2) is 9.64. The van der Waals surface area contributed by atoms with Gasteiger partial charge < -0.3 is 14.4 Å².